The van der Waals surface area contributed by atoms with E-state index in [1.807, 2.05) is 26.8 Å². The second kappa shape index (κ2) is 5.25. The van der Waals surface area contributed by atoms with Crippen LogP contribution in [0.2, 0.25) is 0 Å². The Bertz CT molecular complexity index is 421. The highest BCUT2D eigenvalue weighted by atomic mass is 16.6. The molecule has 1 aromatic rings. The molecule has 1 aliphatic heterocycles. The van der Waals surface area contributed by atoms with Gasteiger partial charge < -0.3 is 19.2 Å². The normalized spacial score (nSPS) is 24.3. The largest absolute Gasteiger partial charge is 0.472 e. The zero-order valence-electron chi connectivity index (χ0n) is 11.6. The van der Waals surface area contributed by atoms with Crippen LogP contribution in [-0.2, 0) is 4.74 Å². The number of carbonyl (C=O) groups is 1. The smallest absolute Gasteiger partial charge is 0.410 e. The van der Waals surface area contributed by atoms with E-state index in [0.717, 1.165) is 5.56 Å². The Morgan fingerprint density at radius 3 is 2.79 bits per heavy atom. The first-order chi connectivity index (χ1) is 8.87. The van der Waals surface area contributed by atoms with Crippen molar-refractivity contribution in [3.05, 3.63) is 24.2 Å². The van der Waals surface area contributed by atoms with Crippen LogP contribution in [0.4, 0.5) is 4.79 Å². The summed E-state index contributed by atoms with van der Waals surface area (Å²) in [5.74, 6) is 0.0254. The average molecular weight is 267 g/mol. The molecule has 1 fully saturated rings. The highest BCUT2D eigenvalue weighted by Gasteiger charge is 2.33. The van der Waals surface area contributed by atoms with Crippen molar-refractivity contribution >= 4 is 6.09 Å². The average Bonchev–Trinajstić information content (AvgIpc) is 2.79. The van der Waals surface area contributed by atoms with Crippen molar-refractivity contribution in [1.29, 1.82) is 0 Å². The predicted octanol–water partition coefficient (Wildman–Crippen LogP) is 2.36. The topological polar surface area (TPSA) is 62.9 Å². The van der Waals surface area contributed by atoms with Crippen LogP contribution in [0.25, 0.3) is 0 Å². The van der Waals surface area contributed by atoms with E-state index in [0.29, 0.717) is 19.5 Å². The van der Waals surface area contributed by atoms with Crippen molar-refractivity contribution in [3.8, 4) is 0 Å². The zero-order valence-corrected chi connectivity index (χ0v) is 11.6. The number of aliphatic hydroxyl groups is 1. The zero-order chi connectivity index (χ0) is 14.0. The highest BCUT2D eigenvalue weighted by Crippen LogP contribution is 2.29. The van der Waals surface area contributed by atoms with E-state index in [-0.39, 0.29) is 12.0 Å². The van der Waals surface area contributed by atoms with Crippen molar-refractivity contribution < 1.29 is 19.1 Å². The first-order valence-corrected chi connectivity index (χ1v) is 6.55. The molecule has 2 rings (SSSR count). The van der Waals surface area contributed by atoms with Crippen LogP contribution in [-0.4, -0.2) is 40.9 Å². The van der Waals surface area contributed by atoms with Gasteiger partial charge in [0.2, 0.25) is 0 Å². The summed E-state index contributed by atoms with van der Waals surface area (Å²) in [6.45, 7) is 6.38. The van der Waals surface area contributed by atoms with Gasteiger partial charge in [-0.25, -0.2) is 4.79 Å². The van der Waals surface area contributed by atoms with Crippen LogP contribution in [0.15, 0.2) is 23.0 Å². The predicted molar refractivity (Wildman–Crippen MR) is 69.9 cm³/mol. The number of likely N-dealkylation sites (tertiary alicyclic amines) is 1. The maximum atomic E-state index is 11.9. The van der Waals surface area contributed by atoms with Crippen molar-refractivity contribution in [1.82, 2.24) is 4.90 Å². The third-order valence-electron chi connectivity index (χ3n) is 3.20. The van der Waals surface area contributed by atoms with E-state index in [1.54, 1.807) is 17.4 Å². The second-order valence-corrected chi connectivity index (χ2v) is 5.95. The van der Waals surface area contributed by atoms with Gasteiger partial charge >= 0.3 is 6.09 Å². The van der Waals surface area contributed by atoms with Crippen LogP contribution >= 0.6 is 0 Å². The Labute approximate surface area is 113 Å². The van der Waals surface area contributed by atoms with Gasteiger partial charge in [0.25, 0.3) is 0 Å². The minimum absolute atomic E-state index is 0.0254. The monoisotopic (exact) mass is 267 g/mol. The minimum atomic E-state index is -0.584. The molecule has 2 heterocycles. The molecule has 0 bridgehead atoms. The van der Waals surface area contributed by atoms with Crippen molar-refractivity contribution in [2.45, 2.75) is 44.8 Å². The Morgan fingerprint density at radius 2 is 2.26 bits per heavy atom. The number of rotatable bonds is 1. The summed E-state index contributed by atoms with van der Waals surface area (Å²) >= 11 is 0. The Kier molecular flexibility index (Phi) is 3.85. The van der Waals surface area contributed by atoms with E-state index >= 15 is 0 Å². The van der Waals surface area contributed by atoms with Gasteiger partial charge in [-0.3, -0.25) is 0 Å². The first kappa shape index (κ1) is 13.9. The third-order valence-corrected chi connectivity index (χ3v) is 3.20. The fourth-order valence-corrected chi connectivity index (χ4v) is 2.30. The minimum Gasteiger partial charge on any atom is -0.472 e. The van der Waals surface area contributed by atoms with E-state index in [2.05, 4.69) is 0 Å². The molecule has 0 spiro atoms. The molecule has 1 aliphatic rings. The quantitative estimate of drug-likeness (QED) is 0.848. The summed E-state index contributed by atoms with van der Waals surface area (Å²) in [4.78, 5) is 13.5. The SMILES string of the molecule is CC(C)(C)OC(=O)N1CCC(c2ccoc2)C(O)C1. The maximum Gasteiger partial charge on any atom is 0.410 e. The van der Waals surface area contributed by atoms with Gasteiger partial charge in [-0.1, -0.05) is 0 Å². The molecule has 1 saturated heterocycles. The molecule has 19 heavy (non-hydrogen) atoms. The summed E-state index contributed by atoms with van der Waals surface area (Å²) in [6, 6.07) is 1.86. The van der Waals surface area contributed by atoms with Crippen molar-refractivity contribution in [2.24, 2.45) is 0 Å². The lowest BCUT2D eigenvalue weighted by Gasteiger charge is -2.36. The van der Waals surface area contributed by atoms with Crippen LogP contribution in [0.1, 0.15) is 38.7 Å². The number of nitrogens with zero attached hydrogens (tertiary/aromatic N) is 1. The Balaban J connectivity index is 1.95. The number of ether oxygens (including phenoxy) is 1. The van der Waals surface area contributed by atoms with Crippen LogP contribution in [0, 0.1) is 0 Å². The van der Waals surface area contributed by atoms with Crippen molar-refractivity contribution in [3.63, 3.8) is 0 Å². The Morgan fingerprint density at radius 1 is 1.53 bits per heavy atom. The number of furan rings is 1. The number of aliphatic hydroxyl groups excluding tert-OH is 1. The lowest BCUT2D eigenvalue weighted by atomic mass is 9.89. The van der Waals surface area contributed by atoms with Crippen LogP contribution in [0.5, 0.6) is 0 Å². The molecule has 2 unspecified atom stereocenters. The molecule has 0 aliphatic carbocycles. The lowest BCUT2D eigenvalue weighted by Crippen LogP contribution is -2.47. The second-order valence-electron chi connectivity index (χ2n) is 5.95. The summed E-state index contributed by atoms with van der Waals surface area (Å²) in [5, 5.41) is 10.2. The molecule has 0 radical (unpaired) electrons. The fraction of sp³-hybridized carbons (Fsp3) is 0.643. The van der Waals surface area contributed by atoms with E-state index < -0.39 is 11.7 Å². The molecular weight excluding hydrogens is 246 g/mol. The van der Waals surface area contributed by atoms with E-state index in [9.17, 15) is 9.90 Å². The van der Waals surface area contributed by atoms with Gasteiger partial charge in [0.1, 0.15) is 5.60 Å². The number of hydrogen-bond acceptors (Lipinski definition) is 4. The molecule has 0 saturated carbocycles. The molecule has 2 atom stereocenters. The number of amides is 1. The van der Waals surface area contributed by atoms with E-state index in [1.165, 1.54) is 0 Å². The van der Waals surface area contributed by atoms with Gasteiger partial charge in [-0.05, 0) is 38.8 Å². The number of hydrogen-bond donors (Lipinski definition) is 1. The summed E-state index contributed by atoms with van der Waals surface area (Å²) < 4.78 is 10.3. The van der Waals surface area contributed by atoms with Crippen LogP contribution < -0.4 is 0 Å². The summed E-state index contributed by atoms with van der Waals surface area (Å²) in [7, 11) is 0. The molecule has 1 amide bonds. The molecule has 5 heteroatoms. The molecule has 1 aromatic heterocycles. The molecule has 1 N–H and O–H groups in total. The van der Waals surface area contributed by atoms with Gasteiger partial charge in [-0.15, -0.1) is 0 Å². The van der Waals surface area contributed by atoms with Gasteiger partial charge in [0.15, 0.2) is 0 Å². The standard InChI is InChI=1S/C14H21NO4/c1-14(2,3)19-13(17)15-6-4-11(12(16)8-15)10-5-7-18-9-10/h5,7,9,11-12,16H,4,6,8H2,1-3H3. The number of carbonyl (C=O) groups excluding carboxylic acids is 1. The molecule has 5 nitrogen and oxygen atoms in total. The lowest BCUT2D eigenvalue weighted by molar-refractivity contribution is -0.00155. The number of piperidine rings is 1. The third kappa shape index (κ3) is 3.50. The van der Waals surface area contributed by atoms with Gasteiger partial charge in [0, 0.05) is 12.5 Å². The summed E-state index contributed by atoms with van der Waals surface area (Å²) in [6.07, 6.45) is 3.01. The van der Waals surface area contributed by atoms with Gasteiger partial charge in [0.05, 0.1) is 25.2 Å². The summed E-state index contributed by atoms with van der Waals surface area (Å²) in [5.41, 5.74) is 0.472. The number of β-amino-alcohol motifs (C(OH)–C–C–N with tert-alkyl or cyclic N) is 1. The highest BCUT2D eigenvalue weighted by molar-refractivity contribution is 5.68. The van der Waals surface area contributed by atoms with Crippen molar-refractivity contribution in [2.75, 3.05) is 13.1 Å². The molecule has 106 valence electrons. The van der Waals surface area contributed by atoms with Crippen LogP contribution in [0.3, 0.4) is 0 Å². The molecule has 0 aromatic carbocycles. The van der Waals surface area contributed by atoms with Gasteiger partial charge in [-0.2, -0.15) is 0 Å². The fourth-order valence-electron chi connectivity index (χ4n) is 2.30. The Hall–Kier alpha value is -1.49. The first-order valence-electron chi connectivity index (χ1n) is 6.55. The van der Waals surface area contributed by atoms with E-state index in [4.69, 9.17) is 9.15 Å². The maximum absolute atomic E-state index is 11.9. The molecular formula is C14H21NO4.